The number of nitrogens with zero attached hydrogens (tertiary/aromatic N) is 1. The molecule has 0 amide bonds. The number of aromatic amines is 1. The second-order valence-electron chi connectivity index (χ2n) is 6.99. The Balaban J connectivity index is 1.80. The van der Waals surface area contributed by atoms with Crippen LogP contribution in [0.4, 0.5) is 0 Å². The molecule has 0 unspecified atom stereocenters. The summed E-state index contributed by atoms with van der Waals surface area (Å²) in [7, 11) is 1.67. The van der Waals surface area contributed by atoms with E-state index in [1.165, 1.54) is 12.3 Å². The smallest absolute Gasteiger partial charge is 0.341 e. The van der Waals surface area contributed by atoms with E-state index in [2.05, 4.69) is 4.98 Å². The summed E-state index contributed by atoms with van der Waals surface area (Å²) in [6.45, 7) is 1.78. The molecule has 0 saturated heterocycles. The normalized spacial score (nSPS) is 12.3. The number of ether oxygens (including phenoxy) is 2. The van der Waals surface area contributed by atoms with Crippen molar-refractivity contribution in [2.45, 2.75) is 19.4 Å². The number of rotatable bonds is 7. The molecule has 3 aromatic rings. The number of fused-ring (bicyclic) bond motifs is 3. The maximum Gasteiger partial charge on any atom is 0.341 e. The van der Waals surface area contributed by atoms with Crippen LogP contribution >= 0.6 is 0 Å². The third kappa shape index (κ3) is 3.69. The van der Waals surface area contributed by atoms with E-state index < -0.39 is 11.4 Å². The third-order valence-electron chi connectivity index (χ3n) is 5.12. The molecule has 0 aliphatic carbocycles. The molecule has 0 fully saturated rings. The zero-order valence-corrected chi connectivity index (χ0v) is 16.1. The molecule has 1 aromatic carbocycles. The summed E-state index contributed by atoms with van der Waals surface area (Å²) in [6, 6.07) is 7.44. The number of carboxylic acid groups (broad SMARTS) is 1. The first-order valence-electron chi connectivity index (χ1n) is 9.48. The van der Waals surface area contributed by atoms with Crippen molar-refractivity contribution in [2.24, 2.45) is 0 Å². The predicted molar refractivity (Wildman–Crippen MR) is 109 cm³/mol. The number of aromatic carboxylic acids is 1. The van der Waals surface area contributed by atoms with Crippen molar-refractivity contribution in [3.63, 3.8) is 0 Å². The minimum Gasteiger partial charge on any atom is -0.493 e. The average Bonchev–Trinajstić information content (AvgIpc) is 3.24. The van der Waals surface area contributed by atoms with Crippen molar-refractivity contribution in [3.8, 4) is 28.1 Å². The van der Waals surface area contributed by atoms with Crippen molar-refractivity contribution in [1.82, 2.24) is 9.55 Å². The molecule has 7 heteroatoms. The van der Waals surface area contributed by atoms with Crippen LogP contribution in [0.3, 0.4) is 0 Å². The van der Waals surface area contributed by atoms with Gasteiger partial charge in [0.2, 0.25) is 0 Å². The number of aromatic nitrogens is 2. The van der Waals surface area contributed by atoms with Gasteiger partial charge in [-0.1, -0.05) is 0 Å². The zero-order valence-electron chi connectivity index (χ0n) is 16.1. The fraction of sp³-hybridized carbons (Fsp3) is 0.273. The van der Waals surface area contributed by atoms with E-state index in [1.54, 1.807) is 7.11 Å². The van der Waals surface area contributed by atoms with E-state index in [0.717, 1.165) is 46.5 Å². The van der Waals surface area contributed by atoms with E-state index >= 15 is 0 Å². The van der Waals surface area contributed by atoms with E-state index in [9.17, 15) is 14.7 Å². The number of hydrogen-bond acceptors (Lipinski definition) is 4. The number of methoxy groups -OCH3 is 1. The molecule has 1 aliphatic rings. The molecule has 0 bridgehead atoms. The molecule has 4 rings (SSSR count). The number of H-pyrrole nitrogens is 1. The molecule has 2 aromatic heterocycles. The molecule has 29 heavy (non-hydrogen) atoms. The standard InChI is InChI=1S/C22H22N2O5/c1-28-7-2-8-29-21-9-14-4-6-24-13-18(22(26)27)20(25)11-19(24)16(14)10-17(21)15-3-5-23-12-15/h3,5,9-13,23H,2,4,6-8H2,1H3,(H,26,27). The maximum absolute atomic E-state index is 12.3. The van der Waals surface area contributed by atoms with Crippen LogP contribution in [-0.2, 0) is 17.7 Å². The molecular weight excluding hydrogens is 372 g/mol. The van der Waals surface area contributed by atoms with Crippen LogP contribution in [0, 0.1) is 0 Å². The molecule has 0 radical (unpaired) electrons. The van der Waals surface area contributed by atoms with Crippen molar-refractivity contribution in [2.75, 3.05) is 20.3 Å². The fourth-order valence-corrected chi connectivity index (χ4v) is 3.68. The molecule has 150 valence electrons. The summed E-state index contributed by atoms with van der Waals surface area (Å²) in [5.74, 6) is -0.415. The van der Waals surface area contributed by atoms with Gasteiger partial charge in [-0.25, -0.2) is 4.79 Å². The summed E-state index contributed by atoms with van der Waals surface area (Å²) in [4.78, 5) is 26.7. The van der Waals surface area contributed by atoms with Crippen LogP contribution in [0.15, 0.2) is 47.7 Å². The summed E-state index contributed by atoms with van der Waals surface area (Å²) < 4.78 is 13.0. The Hall–Kier alpha value is -3.32. The van der Waals surface area contributed by atoms with Crippen molar-refractivity contribution >= 4 is 5.97 Å². The Labute approximate surface area is 167 Å². The monoisotopic (exact) mass is 394 g/mol. The lowest BCUT2D eigenvalue weighted by Crippen LogP contribution is -2.22. The first kappa shape index (κ1) is 19.0. The van der Waals surface area contributed by atoms with E-state index in [0.29, 0.717) is 19.8 Å². The van der Waals surface area contributed by atoms with Gasteiger partial charge in [0.25, 0.3) is 0 Å². The van der Waals surface area contributed by atoms with Gasteiger partial charge in [-0.15, -0.1) is 0 Å². The number of carbonyl (C=O) groups is 1. The third-order valence-corrected chi connectivity index (χ3v) is 5.12. The van der Waals surface area contributed by atoms with Crippen molar-refractivity contribution < 1.29 is 19.4 Å². The summed E-state index contributed by atoms with van der Waals surface area (Å²) in [6.07, 6.45) is 6.70. The molecule has 3 heterocycles. The highest BCUT2D eigenvalue weighted by atomic mass is 16.5. The minimum absolute atomic E-state index is 0.207. The summed E-state index contributed by atoms with van der Waals surface area (Å²) in [5, 5.41) is 9.25. The van der Waals surface area contributed by atoms with Crippen molar-refractivity contribution in [3.05, 3.63) is 64.2 Å². The van der Waals surface area contributed by atoms with E-state index in [1.807, 2.05) is 35.2 Å². The highest BCUT2D eigenvalue weighted by molar-refractivity contribution is 5.88. The molecule has 7 nitrogen and oxygen atoms in total. The topological polar surface area (TPSA) is 93.6 Å². The van der Waals surface area contributed by atoms with Gasteiger partial charge in [0.05, 0.1) is 12.3 Å². The molecule has 0 atom stereocenters. The Bertz CT molecular complexity index is 1100. The van der Waals surface area contributed by atoms with Gasteiger partial charge in [-0.05, 0) is 30.2 Å². The van der Waals surface area contributed by atoms with Gasteiger partial charge in [0.15, 0.2) is 5.43 Å². The Morgan fingerprint density at radius 2 is 2.10 bits per heavy atom. The first-order valence-corrected chi connectivity index (χ1v) is 9.48. The molecule has 0 saturated carbocycles. The number of pyridine rings is 1. The Kier molecular flexibility index (Phi) is 5.22. The number of aryl methyl sites for hydroxylation is 2. The summed E-state index contributed by atoms with van der Waals surface area (Å²) in [5.41, 5.74) is 3.94. The predicted octanol–water partition coefficient (Wildman–Crippen LogP) is 3.18. The van der Waals surface area contributed by atoms with E-state index in [-0.39, 0.29) is 5.56 Å². The lowest BCUT2D eigenvalue weighted by atomic mass is 9.92. The van der Waals surface area contributed by atoms with Gasteiger partial charge in [-0.3, -0.25) is 4.79 Å². The molecule has 1 aliphatic heterocycles. The van der Waals surface area contributed by atoms with Crippen LogP contribution in [-0.4, -0.2) is 41.0 Å². The lowest BCUT2D eigenvalue weighted by molar-refractivity contribution is 0.0694. The van der Waals surface area contributed by atoms with Gasteiger partial charge < -0.3 is 24.1 Å². The highest BCUT2D eigenvalue weighted by Crippen LogP contribution is 2.39. The van der Waals surface area contributed by atoms with Gasteiger partial charge >= 0.3 is 5.97 Å². The molecule has 2 N–H and O–H groups in total. The highest BCUT2D eigenvalue weighted by Gasteiger charge is 2.22. The molecule has 0 spiro atoms. The van der Waals surface area contributed by atoms with E-state index in [4.69, 9.17) is 9.47 Å². The number of hydrogen-bond donors (Lipinski definition) is 2. The number of benzene rings is 1. The Morgan fingerprint density at radius 3 is 2.83 bits per heavy atom. The van der Waals surface area contributed by atoms with Crippen LogP contribution in [0.25, 0.3) is 22.4 Å². The second-order valence-corrected chi connectivity index (χ2v) is 6.99. The maximum atomic E-state index is 12.3. The molecular formula is C22H22N2O5. The fourth-order valence-electron chi connectivity index (χ4n) is 3.68. The average molecular weight is 394 g/mol. The van der Waals surface area contributed by atoms with Gasteiger partial charge in [0.1, 0.15) is 11.3 Å². The largest absolute Gasteiger partial charge is 0.493 e. The quantitative estimate of drug-likeness (QED) is 0.601. The number of nitrogens with one attached hydrogen (secondary N) is 1. The van der Waals surface area contributed by atoms with Crippen molar-refractivity contribution in [1.29, 1.82) is 0 Å². The summed E-state index contributed by atoms with van der Waals surface area (Å²) >= 11 is 0. The first-order chi connectivity index (χ1) is 14.1. The second kappa shape index (κ2) is 7.97. The number of carboxylic acids is 1. The van der Waals surface area contributed by atoms with Crippen LogP contribution in [0.2, 0.25) is 0 Å². The van der Waals surface area contributed by atoms with Crippen LogP contribution in [0.5, 0.6) is 5.75 Å². The van der Waals surface area contributed by atoms with Crippen LogP contribution < -0.4 is 10.2 Å². The Morgan fingerprint density at radius 1 is 1.24 bits per heavy atom. The zero-order chi connectivity index (χ0) is 20.4. The van der Waals surface area contributed by atoms with Gasteiger partial charge in [0, 0.05) is 68.0 Å². The minimum atomic E-state index is -1.20. The van der Waals surface area contributed by atoms with Crippen LogP contribution in [0.1, 0.15) is 22.3 Å². The lowest BCUT2D eigenvalue weighted by Gasteiger charge is -2.24. The SMILES string of the molecule is COCCCOc1cc2c(cc1-c1cc[nH]c1)-c1cc(=O)c(C(=O)O)cn1CC2. The van der Waals surface area contributed by atoms with Gasteiger partial charge in [-0.2, -0.15) is 0 Å².